The van der Waals surface area contributed by atoms with E-state index in [-0.39, 0.29) is 6.04 Å². The molecule has 0 aliphatic rings. The summed E-state index contributed by atoms with van der Waals surface area (Å²) in [5.41, 5.74) is 8.18. The van der Waals surface area contributed by atoms with Gasteiger partial charge in [-0.25, -0.2) is 0 Å². The standard InChI is InChI=1S/C16H30N4/c1-6-15(17)16-8-7-14(11-18-16)20(12-13(2)3)10-9-19(4)5/h7-8,11,13,15H,6,9-10,12,17H2,1-5H3. The van der Waals surface area contributed by atoms with Crippen LogP contribution in [0, 0.1) is 5.92 Å². The fourth-order valence-corrected chi connectivity index (χ4v) is 2.10. The Morgan fingerprint density at radius 3 is 2.35 bits per heavy atom. The molecule has 0 bridgehead atoms. The summed E-state index contributed by atoms with van der Waals surface area (Å²) in [6.45, 7) is 9.70. The highest BCUT2D eigenvalue weighted by molar-refractivity contribution is 5.45. The van der Waals surface area contributed by atoms with E-state index in [2.05, 4.69) is 61.8 Å². The largest absolute Gasteiger partial charge is 0.369 e. The molecule has 0 aliphatic carbocycles. The highest BCUT2D eigenvalue weighted by Gasteiger charge is 2.11. The Morgan fingerprint density at radius 2 is 1.90 bits per heavy atom. The van der Waals surface area contributed by atoms with Crippen molar-refractivity contribution in [3.05, 3.63) is 24.0 Å². The van der Waals surface area contributed by atoms with E-state index in [1.54, 1.807) is 0 Å². The lowest BCUT2D eigenvalue weighted by Gasteiger charge is -2.28. The minimum Gasteiger partial charge on any atom is -0.369 e. The van der Waals surface area contributed by atoms with Gasteiger partial charge in [0.2, 0.25) is 0 Å². The van der Waals surface area contributed by atoms with Gasteiger partial charge in [0.1, 0.15) is 0 Å². The second kappa shape index (κ2) is 8.22. The first-order chi connectivity index (χ1) is 9.43. The second-order valence-electron chi connectivity index (χ2n) is 6.10. The third-order valence-electron chi connectivity index (χ3n) is 3.36. The molecule has 4 heteroatoms. The maximum absolute atomic E-state index is 6.02. The maximum atomic E-state index is 6.02. The Morgan fingerprint density at radius 1 is 1.20 bits per heavy atom. The van der Waals surface area contributed by atoms with Crippen LogP contribution in [-0.4, -0.2) is 43.6 Å². The molecule has 1 heterocycles. The number of nitrogens with two attached hydrogens (primary N) is 1. The lowest BCUT2D eigenvalue weighted by atomic mass is 10.1. The number of aromatic nitrogens is 1. The summed E-state index contributed by atoms with van der Waals surface area (Å²) in [7, 11) is 4.21. The van der Waals surface area contributed by atoms with Crippen molar-refractivity contribution in [2.75, 3.05) is 38.6 Å². The third-order valence-corrected chi connectivity index (χ3v) is 3.36. The number of pyridine rings is 1. The van der Waals surface area contributed by atoms with Crippen LogP contribution in [0.15, 0.2) is 18.3 Å². The molecule has 0 amide bonds. The first-order valence-corrected chi connectivity index (χ1v) is 7.55. The molecule has 2 N–H and O–H groups in total. The molecule has 0 aromatic carbocycles. The highest BCUT2D eigenvalue weighted by atomic mass is 15.2. The summed E-state index contributed by atoms with van der Waals surface area (Å²) in [5.74, 6) is 0.634. The van der Waals surface area contributed by atoms with Crippen molar-refractivity contribution in [2.24, 2.45) is 11.7 Å². The number of nitrogens with zero attached hydrogens (tertiary/aromatic N) is 3. The van der Waals surface area contributed by atoms with E-state index >= 15 is 0 Å². The zero-order chi connectivity index (χ0) is 15.1. The van der Waals surface area contributed by atoms with Crippen molar-refractivity contribution in [1.82, 2.24) is 9.88 Å². The monoisotopic (exact) mass is 278 g/mol. The Bertz CT molecular complexity index is 373. The van der Waals surface area contributed by atoms with Gasteiger partial charge in [-0.2, -0.15) is 0 Å². The second-order valence-corrected chi connectivity index (χ2v) is 6.10. The molecular weight excluding hydrogens is 248 g/mol. The van der Waals surface area contributed by atoms with Crippen molar-refractivity contribution in [2.45, 2.75) is 33.2 Å². The van der Waals surface area contributed by atoms with Gasteiger partial charge in [0.05, 0.1) is 17.6 Å². The minimum absolute atomic E-state index is 0.0457. The summed E-state index contributed by atoms with van der Waals surface area (Å²) in [4.78, 5) is 9.14. The van der Waals surface area contributed by atoms with Gasteiger partial charge < -0.3 is 15.5 Å². The van der Waals surface area contributed by atoms with E-state index in [0.717, 1.165) is 31.7 Å². The minimum atomic E-state index is 0.0457. The van der Waals surface area contributed by atoms with E-state index in [9.17, 15) is 0 Å². The Kier molecular flexibility index (Phi) is 6.96. The van der Waals surface area contributed by atoms with E-state index in [4.69, 9.17) is 5.73 Å². The van der Waals surface area contributed by atoms with E-state index < -0.39 is 0 Å². The predicted octanol–water partition coefficient (Wildman–Crippen LogP) is 2.52. The first kappa shape index (κ1) is 16.9. The Hall–Kier alpha value is -1.13. The molecule has 1 aromatic rings. The van der Waals surface area contributed by atoms with Gasteiger partial charge >= 0.3 is 0 Å². The fraction of sp³-hybridized carbons (Fsp3) is 0.688. The number of anilines is 1. The Balaban J connectivity index is 2.79. The fourth-order valence-electron chi connectivity index (χ4n) is 2.10. The van der Waals surface area contributed by atoms with Crippen LogP contribution in [0.25, 0.3) is 0 Å². The molecule has 20 heavy (non-hydrogen) atoms. The van der Waals surface area contributed by atoms with Crippen LogP contribution in [0.4, 0.5) is 5.69 Å². The van der Waals surface area contributed by atoms with Crippen LogP contribution in [0.5, 0.6) is 0 Å². The normalized spacial score (nSPS) is 13.0. The molecule has 1 unspecified atom stereocenters. The molecule has 0 spiro atoms. The zero-order valence-corrected chi connectivity index (χ0v) is 13.6. The van der Waals surface area contributed by atoms with Crippen molar-refractivity contribution >= 4 is 5.69 Å². The molecule has 0 aliphatic heterocycles. The van der Waals surface area contributed by atoms with Crippen LogP contribution >= 0.6 is 0 Å². The Labute approximate surface area is 124 Å². The van der Waals surface area contributed by atoms with Gasteiger partial charge in [0.25, 0.3) is 0 Å². The molecule has 0 saturated carbocycles. The number of rotatable bonds is 8. The van der Waals surface area contributed by atoms with Gasteiger partial charge in [0, 0.05) is 25.7 Å². The van der Waals surface area contributed by atoms with Crippen LogP contribution in [0.3, 0.4) is 0 Å². The van der Waals surface area contributed by atoms with Crippen LogP contribution in [0.2, 0.25) is 0 Å². The number of hydrogen-bond donors (Lipinski definition) is 1. The quantitative estimate of drug-likeness (QED) is 0.793. The molecule has 114 valence electrons. The van der Waals surface area contributed by atoms with Crippen molar-refractivity contribution in [3.8, 4) is 0 Å². The van der Waals surface area contributed by atoms with Gasteiger partial charge in [-0.15, -0.1) is 0 Å². The zero-order valence-electron chi connectivity index (χ0n) is 13.6. The molecule has 0 saturated heterocycles. The topological polar surface area (TPSA) is 45.4 Å². The SMILES string of the molecule is CCC(N)c1ccc(N(CCN(C)C)CC(C)C)cn1. The molecule has 0 fully saturated rings. The van der Waals surface area contributed by atoms with Crippen LogP contribution < -0.4 is 10.6 Å². The number of hydrogen-bond acceptors (Lipinski definition) is 4. The molecule has 4 nitrogen and oxygen atoms in total. The van der Waals surface area contributed by atoms with Gasteiger partial charge in [0.15, 0.2) is 0 Å². The lowest BCUT2D eigenvalue weighted by molar-refractivity contribution is 0.409. The number of likely N-dealkylation sites (N-methyl/N-ethyl adjacent to an activating group) is 1. The summed E-state index contributed by atoms with van der Waals surface area (Å²) < 4.78 is 0. The van der Waals surface area contributed by atoms with E-state index in [1.807, 2.05) is 6.20 Å². The van der Waals surface area contributed by atoms with Gasteiger partial charge in [-0.05, 0) is 38.6 Å². The van der Waals surface area contributed by atoms with E-state index in [1.165, 1.54) is 5.69 Å². The smallest absolute Gasteiger partial charge is 0.0572 e. The molecule has 1 aromatic heterocycles. The average molecular weight is 278 g/mol. The van der Waals surface area contributed by atoms with E-state index in [0.29, 0.717) is 5.92 Å². The third kappa shape index (κ3) is 5.47. The molecule has 0 radical (unpaired) electrons. The van der Waals surface area contributed by atoms with Crippen LogP contribution in [0.1, 0.15) is 38.9 Å². The summed E-state index contributed by atoms with van der Waals surface area (Å²) in [5, 5.41) is 0. The molecule has 1 atom stereocenters. The summed E-state index contributed by atoms with van der Waals surface area (Å²) in [6.07, 6.45) is 2.88. The highest BCUT2D eigenvalue weighted by Crippen LogP contribution is 2.18. The lowest BCUT2D eigenvalue weighted by Crippen LogP contribution is -2.34. The predicted molar refractivity (Wildman–Crippen MR) is 87.1 cm³/mol. The van der Waals surface area contributed by atoms with Crippen molar-refractivity contribution in [1.29, 1.82) is 0 Å². The van der Waals surface area contributed by atoms with Crippen LogP contribution in [-0.2, 0) is 0 Å². The van der Waals surface area contributed by atoms with Gasteiger partial charge in [-0.1, -0.05) is 20.8 Å². The summed E-state index contributed by atoms with van der Waals surface area (Å²) >= 11 is 0. The maximum Gasteiger partial charge on any atom is 0.0572 e. The summed E-state index contributed by atoms with van der Waals surface area (Å²) in [6, 6.07) is 4.26. The van der Waals surface area contributed by atoms with Crippen molar-refractivity contribution < 1.29 is 0 Å². The average Bonchev–Trinajstić information content (AvgIpc) is 2.42. The first-order valence-electron chi connectivity index (χ1n) is 7.55. The molecular formula is C16H30N4. The molecule has 1 rings (SSSR count). The van der Waals surface area contributed by atoms with Gasteiger partial charge in [-0.3, -0.25) is 4.98 Å². The van der Waals surface area contributed by atoms with Crippen molar-refractivity contribution in [3.63, 3.8) is 0 Å².